The van der Waals surface area contributed by atoms with E-state index in [1.54, 1.807) is 26.4 Å². The van der Waals surface area contributed by atoms with Crippen molar-refractivity contribution < 1.29 is 19.3 Å². The molecule has 0 saturated carbocycles. The number of phenolic OH excluding ortho intramolecular Hbond substituents is 1. The number of rotatable bonds is 6. The lowest BCUT2D eigenvalue weighted by atomic mass is 9.99. The maximum Gasteiger partial charge on any atom is 0.161 e. The van der Waals surface area contributed by atoms with Crippen molar-refractivity contribution in [1.29, 1.82) is 0 Å². The molecule has 5 nitrogen and oxygen atoms in total. The molecular formula is C17H21NO4. The van der Waals surface area contributed by atoms with Crippen LogP contribution in [-0.2, 0) is 6.42 Å². The van der Waals surface area contributed by atoms with Crippen LogP contribution < -0.4 is 19.9 Å². The molecule has 2 aromatic carbocycles. The number of phenols is 1. The Kier molecular flexibility index (Phi) is 5.12. The molecule has 5 heteroatoms. The fourth-order valence-corrected chi connectivity index (χ4v) is 2.32. The molecule has 3 N–H and O–H groups in total. The number of methoxy groups -OCH3 is 3. The first-order chi connectivity index (χ1) is 10.6. The Morgan fingerprint density at radius 1 is 0.909 bits per heavy atom. The van der Waals surface area contributed by atoms with Gasteiger partial charge >= 0.3 is 0 Å². The molecule has 0 bridgehead atoms. The summed E-state index contributed by atoms with van der Waals surface area (Å²) in [7, 11) is 4.70. The van der Waals surface area contributed by atoms with Crippen LogP contribution in [-0.4, -0.2) is 26.4 Å². The molecule has 2 aromatic rings. The summed E-state index contributed by atoms with van der Waals surface area (Å²) in [6, 6.07) is 10.7. The SMILES string of the molecule is COc1ccc(CC(N)c2ccc(OC)c(OC)c2)cc1O. The van der Waals surface area contributed by atoms with Gasteiger partial charge in [0.25, 0.3) is 0 Å². The first-order valence-corrected chi connectivity index (χ1v) is 6.92. The summed E-state index contributed by atoms with van der Waals surface area (Å²) in [5, 5.41) is 9.82. The summed E-state index contributed by atoms with van der Waals surface area (Å²) < 4.78 is 15.5. The maximum atomic E-state index is 9.82. The van der Waals surface area contributed by atoms with Crippen LogP contribution in [0, 0.1) is 0 Å². The van der Waals surface area contributed by atoms with E-state index in [4.69, 9.17) is 19.9 Å². The zero-order chi connectivity index (χ0) is 16.1. The van der Waals surface area contributed by atoms with Crippen LogP contribution in [0.15, 0.2) is 36.4 Å². The van der Waals surface area contributed by atoms with Gasteiger partial charge in [-0.25, -0.2) is 0 Å². The molecule has 22 heavy (non-hydrogen) atoms. The van der Waals surface area contributed by atoms with Gasteiger partial charge in [-0.15, -0.1) is 0 Å². The second kappa shape index (κ2) is 7.04. The van der Waals surface area contributed by atoms with E-state index in [9.17, 15) is 5.11 Å². The van der Waals surface area contributed by atoms with Crippen LogP contribution in [0.25, 0.3) is 0 Å². The molecule has 1 unspecified atom stereocenters. The molecule has 0 spiro atoms. The average molecular weight is 303 g/mol. The predicted molar refractivity (Wildman–Crippen MR) is 84.8 cm³/mol. The minimum atomic E-state index is -0.215. The van der Waals surface area contributed by atoms with Gasteiger partial charge in [-0.3, -0.25) is 0 Å². The molecule has 0 radical (unpaired) electrons. The molecule has 0 aliphatic heterocycles. The van der Waals surface area contributed by atoms with E-state index in [1.165, 1.54) is 7.11 Å². The summed E-state index contributed by atoms with van der Waals surface area (Å²) in [5.41, 5.74) is 8.12. The Morgan fingerprint density at radius 3 is 2.14 bits per heavy atom. The largest absolute Gasteiger partial charge is 0.504 e. The van der Waals surface area contributed by atoms with Crippen LogP contribution in [0.1, 0.15) is 17.2 Å². The Hall–Kier alpha value is -2.40. The van der Waals surface area contributed by atoms with Crippen molar-refractivity contribution in [3.05, 3.63) is 47.5 Å². The summed E-state index contributed by atoms with van der Waals surface area (Å²) in [5.74, 6) is 1.87. The predicted octanol–water partition coefficient (Wildman–Crippen LogP) is 2.66. The number of aromatic hydroxyl groups is 1. The molecule has 118 valence electrons. The van der Waals surface area contributed by atoms with Gasteiger partial charge in [0.15, 0.2) is 23.0 Å². The van der Waals surface area contributed by atoms with Gasteiger partial charge in [-0.05, 0) is 41.8 Å². The lowest BCUT2D eigenvalue weighted by Crippen LogP contribution is -2.13. The molecule has 0 amide bonds. The van der Waals surface area contributed by atoms with E-state index >= 15 is 0 Å². The first kappa shape index (κ1) is 16.0. The van der Waals surface area contributed by atoms with Crippen molar-refractivity contribution in [1.82, 2.24) is 0 Å². The quantitative estimate of drug-likeness (QED) is 0.858. The normalized spacial score (nSPS) is 11.8. The third-order valence-electron chi connectivity index (χ3n) is 3.53. The number of hydrogen-bond acceptors (Lipinski definition) is 5. The smallest absolute Gasteiger partial charge is 0.161 e. The number of nitrogens with two attached hydrogens (primary N) is 1. The van der Waals surface area contributed by atoms with Gasteiger partial charge in [-0.2, -0.15) is 0 Å². The van der Waals surface area contributed by atoms with E-state index in [0.29, 0.717) is 23.7 Å². The molecule has 2 rings (SSSR count). The first-order valence-electron chi connectivity index (χ1n) is 6.92. The molecule has 0 aliphatic rings. The molecule has 1 atom stereocenters. The lowest BCUT2D eigenvalue weighted by molar-refractivity contribution is 0.354. The van der Waals surface area contributed by atoms with E-state index in [1.807, 2.05) is 24.3 Å². The number of benzene rings is 2. The Labute approximate surface area is 130 Å². The van der Waals surface area contributed by atoms with E-state index < -0.39 is 0 Å². The van der Waals surface area contributed by atoms with Gasteiger partial charge in [0.2, 0.25) is 0 Å². The zero-order valence-electron chi connectivity index (χ0n) is 13.0. The standard InChI is InChI=1S/C17H21NO4/c1-20-15-6-4-11(9-14(15)19)8-13(18)12-5-7-16(21-2)17(10-12)22-3/h4-7,9-10,13,19H,8,18H2,1-3H3. The summed E-state index contributed by atoms with van der Waals surface area (Å²) >= 11 is 0. The number of hydrogen-bond donors (Lipinski definition) is 2. The van der Waals surface area contributed by atoms with Crippen molar-refractivity contribution in [2.75, 3.05) is 21.3 Å². The van der Waals surface area contributed by atoms with E-state index in [2.05, 4.69) is 0 Å². The monoisotopic (exact) mass is 303 g/mol. The summed E-state index contributed by atoms with van der Waals surface area (Å²) in [4.78, 5) is 0. The Bertz CT molecular complexity index is 643. The third kappa shape index (κ3) is 3.43. The zero-order valence-corrected chi connectivity index (χ0v) is 13.0. The van der Waals surface area contributed by atoms with Crippen molar-refractivity contribution in [2.24, 2.45) is 5.73 Å². The Morgan fingerprint density at radius 2 is 1.55 bits per heavy atom. The van der Waals surface area contributed by atoms with Crippen molar-refractivity contribution in [3.8, 4) is 23.0 Å². The fourth-order valence-electron chi connectivity index (χ4n) is 2.32. The highest BCUT2D eigenvalue weighted by molar-refractivity contribution is 5.45. The van der Waals surface area contributed by atoms with E-state index in [0.717, 1.165) is 11.1 Å². The van der Waals surface area contributed by atoms with Crippen LogP contribution >= 0.6 is 0 Å². The number of ether oxygens (including phenoxy) is 3. The van der Waals surface area contributed by atoms with Gasteiger partial charge < -0.3 is 25.1 Å². The Balaban J connectivity index is 2.18. The van der Waals surface area contributed by atoms with Gasteiger partial charge in [-0.1, -0.05) is 12.1 Å². The highest BCUT2D eigenvalue weighted by atomic mass is 16.5. The molecule has 0 aliphatic carbocycles. The van der Waals surface area contributed by atoms with Gasteiger partial charge in [0, 0.05) is 6.04 Å². The van der Waals surface area contributed by atoms with Crippen molar-refractivity contribution in [2.45, 2.75) is 12.5 Å². The van der Waals surface area contributed by atoms with Crippen molar-refractivity contribution >= 4 is 0 Å². The molecule has 0 heterocycles. The van der Waals surface area contributed by atoms with Crippen LogP contribution in [0.4, 0.5) is 0 Å². The van der Waals surface area contributed by atoms with E-state index in [-0.39, 0.29) is 11.8 Å². The second-order valence-electron chi connectivity index (χ2n) is 4.93. The second-order valence-corrected chi connectivity index (χ2v) is 4.93. The van der Waals surface area contributed by atoms with Crippen LogP contribution in [0.3, 0.4) is 0 Å². The highest BCUT2D eigenvalue weighted by Crippen LogP contribution is 2.31. The maximum absolute atomic E-state index is 9.82. The van der Waals surface area contributed by atoms with Crippen LogP contribution in [0.2, 0.25) is 0 Å². The van der Waals surface area contributed by atoms with Gasteiger partial charge in [0.05, 0.1) is 21.3 Å². The van der Waals surface area contributed by atoms with Crippen LogP contribution in [0.5, 0.6) is 23.0 Å². The van der Waals surface area contributed by atoms with Crippen molar-refractivity contribution in [3.63, 3.8) is 0 Å². The third-order valence-corrected chi connectivity index (χ3v) is 3.53. The summed E-state index contributed by atoms with van der Waals surface area (Å²) in [6.07, 6.45) is 0.590. The average Bonchev–Trinajstić information content (AvgIpc) is 2.54. The molecule has 0 aromatic heterocycles. The molecule has 0 fully saturated rings. The van der Waals surface area contributed by atoms with Gasteiger partial charge in [0.1, 0.15) is 0 Å². The fraction of sp³-hybridized carbons (Fsp3) is 0.294. The highest BCUT2D eigenvalue weighted by Gasteiger charge is 2.12. The summed E-state index contributed by atoms with van der Waals surface area (Å²) in [6.45, 7) is 0. The topological polar surface area (TPSA) is 73.9 Å². The molecular weight excluding hydrogens is 282 g/mol. The lowest BCUT2D eigenvalue weighted by Gasteiger charge is -2.15. The minimum Gasteiger partial charge on any atom is -0.504 e. The minimum absolute atomic E-state index is 0.111. The molecule has 0 saturated heterocycles.